The van der Waals surface area contributed by atoms with E-state index in [1.807, 2.05) is 6.26 Å². The van der Waals surface area contributed by atoms with Crippen LogP contribution in [0.4, 0.5) is 5.69 Å². The zero-order valence-electron chi connectivity index (χ0n) is 10.0. The summed E-state index contributed by atoms with van der Waals surface area (Å²) in [5.74, 6) is 0. The van der Waals surface area contributed by atoms with E-state index in [1.165, 1.54) is 11.8 Å². The first-order chi connectivity index (χ1) is 9.11. The largest absolute Gasteiger partial charge is 0.378 e. The van der Waals surface area contributed by atoms with Gasteiger partial charge in [0.2, 0.25) is 0 Å². The average Bonchev–Trinajstić information content (AvgIpc) is 2.39. The molecule has 100 valence electrons. The van der Waals surface area contributed by atoms with Crippen molar-refractivity contribution in [1.82, 2.24) is 9.97 Å². The number of para-hydroxylation sites is 1. The Morgan fingerprint density at radius 2 is 2.05 bits per heavy atom. The lowest BCUT2D eigenvalue weighted by Gasteiger charge is -2.09. The number of thioether (sulfide) groups is 1. The number of benzene rings is 1. The maximum atomic E-state index is 11.8. The molecule has 0 aliphatic rings. The molecule has 0 radical (unpaired) electrons. The number of hydrogen-bond donors (Lipinski definition) is 2. The monoisotopic (exact) mass is 315 g/mol. The van der Waals surface area contributed by atoms with Crippen molar-refractivity contribution in [3.8, 4) is 0 Å². The second-order valence-corrected chi connectivity index (χ2v) is 5.31. The zero-order chi connectivity index (χ0) is 13.8. The number of H-pyrrole nitrogens is 1. The van der Waals surface area contributed by atoms with Crippen LogP contribution in [0.3, 0.4) is 0 Å². The van der Waals surface area contributed by atoms with E-state index < -0.39 is 0 Å². The van der Waals surface area contributed by atoms with Crippen LogP contribution in [-0.4, -0.2) is 16.2 Å². The summed E-state index contributed by atoms with van der Waals surface area (Å²) < 4.78 is 0. The summed E-state index contributed by atoms with van der Waals surface area (Å²) >= 11 is 13.4. The van der Waals surface area contributed by atoms with Crippen LogP contribution in [0.2, 0.25) is 10.0 Å². The summed E-state index contributed by atoms with van der Waals surface area (Å²) in [5, 5.41) is 4.66. The van der Waals surface area contributed by atoms with Crippen LogP contribution in [0.15, 0.2) is 34.3 Å². The van der Waals surface area contributed by atoms with Crippen molar-refractivity contribution in [3.63, 3.8) is 0 Å². The molecule has 0 bridgehead atoms. The number of hydrogen-bond acceptors (Lipinski definition) is 4. The lowest BCUT2D eigenvalue weighted by molar-refractivity contribution is 0.896. The second kappa shape index (κ2) is 6.32. The minimum Gasteiger partial charge on any atom is -0.378 e. The van der Waals surface area contributed by atoms with Crippen molar-refractivity contribution >= 4 is 40.7 Å². The highest BCUT2D eigenvalue weighted by molar-refractivity contribution is 7.98. The fraction of sp³-hybridized carbons (Fsp3) is 0.167. The molecule has 0 atom stereocenters. The van der Waals surface area contributed by atoms with E-state index in [1.54, 1.807) is 24.4 Å². The number of nitrogens with zero attached hydrogens (tertiary/aromatic N) is 1. The second-order valence-electron chi connectivity index (χ2n) is 3.70. The van der Waals surface area contributed by atoms with E-state index in [0.717, 1.165) is 0 Å². The number of halogens is 2. The maximum Gasteiger partial charge on any atom is 0.256 e. The standard InChI is InChI=1S/C12H11Cl2N3OS/c1-19-12-16-6-7(11(18)17-12)5-15-10-8(13)3-2-4-9(10)14/h2-4,6,15H,5H2,1H3,(H,16,17,18). The highest BCUT2D eigenvalue weighted by Gasteiger charge is 2.07. The van der Waals surface area contributed by atoms with E-state index in [2.05, 4.69) is 15.3 Å². The molecule has 0 amide bonds. The Labute approximate surface area is 124 Å². The van der Waals surface area contributed by atoms with Gasteiger partial charge in [-0.05, 0) is 18.4 Å². The van der Waals surface area contributed by atoms with E-state index in [9.17, 15) is 4.79 Å². The molecule has 19 heavy (non-hydrogen) atoms. The van der Waals surface area contributed by atoms with Crippen molar-refractivity contribution in [2.45, 2.75) is 11.7 Å². The van der Waals surface area contributed by atoms with E-state index in [0.29, 0.717) is 33.0 Å². The summed E-state index contributed by atoms with van der Waals surface area (Å²) in [5.41, 5.74) is 0.961. The Morgan fingerprint density at radius 1 is 1.37 bits per heavy atom. The van der Waals surface area contributed by atoms with Crippen LogP contribution in [0.25, 0.3) is 0 Å². The van der Waals surface area contributed by atoms with Gasteiger partial charge in [-0.1, -0.05) is 41.0 Å². The number of aromatic amines is 1. The maximum absolute atomic E-state index is 11.8. The number of nitrogens with one attached hydrogen (secondary N) is 2. The average molecular weight is 316 g/mol. The van der Waals surface area contributed by atoms with Gasteiger partial charge in [-0.2, -0.15) is 0 Å². The predicted molar refractivity (Wildman–Crippen MR) is 80.4 cm³/mol. The van der Waals surface area contributed by atoms with E-state index in [4.69, 9.17) is 23.2 Å². The first kappa shape index (κ1) is 14.2. The molecule has 4 nitrogen and oxygen atoms in total. The van der Waals surface area contributed by atoms with Crippen LogP contribution in [0, 0.1) is 0 Å². The van der Waals surface area contributed by atoms with Crippen LogP contribution in [-0.2, 0) is 6.54 Å². The molecule has 0 unspecified atom stereocenters. The summed E-state index contributed by atoms with van der Waals surface area (Å²) in [6.07, 6.45) is 3.39. The molecule has 2 rings (SSSR count). The molecule has 0 saturated carbocycles. The van der Waals surface area contributed by atoms with Crippen molar-refractivity contribution in [1.29, 1.82) is 0 Å². The summed E-state index contributed by atoms with van der Waals surface area (Å²) in [6, 6.07) is 5.22. The fourth-order valence-electron chi connectivity index (χ4n) is 1.48. The Morgan fingerprint density at radius 3 is 2.63 bits per heavy atom. The van der Waals surface area contributed by atoms with E-state index >= 15 is 0 Å². The molecule has 7 heteroatoms. The topological polar surface area (TPSA) is 57.8 Å². The van der Waals surface area contributed by atoms with Gasteiger partial charge in [-0.25, -0.2) is 4.98 Å². The number of rotatable bonds is 4. The highest BCUT2D eigenvalue weighted by Crippen LogP contribution is 2.29. The third-order valence-electron chi connectivity index (χ3n) is 2.46. The first-order valence-electron chi connectivity index (χ1n) is 5.42. The normalized spacial score (nSPS) is 10.5. The van der Waals surface area contributed by atoms with Gasteiger partial charge >= 0.3 is 0 Å². The molecular formula is C12H11Cl2N3OS. The molecule has 0 aliphatic carbocycles. The van der Waals surface area contributed by atoms with Gasteiger partial charge in [0.1, 0.15) is 0 Å². The smallest absolute Gasteiger partial charge is 0.256 e. The Bertz CT molecular complexity index is 625. The quantitative estimate of drug-likeness (QED) is 0.670. The van der Waals surface area contributed by atoms with Gasteiger partial charge in [0, 0.05) is 12.7 Å². The lowest BCUT2D eigenvalue weighted by Crippen LogP contribution is -2.17. The van der Waals surface area contributed by atoms with Gasteiger partial charge in [0.15, 0.2) is 5.16 Å². The van der Waals surface area contributed by atoms with Crippen molar-refractivity contribution < 1.29 is 0 Å². The van der Waals surface area contributed by atoms with Crippen molar-refractivity contribution in [3.05, 3.63) is 50.4 Å². The molecule has 0 aliphatic heterocycles. The Balaban J connectivity index is 2.17. The molecule has 1 heterocycles. The van der Waals surface area contributed by atoms with Gasteiger partial charge in [-0.15, -0.1) is 0 Å². The summed E-state index contributed by atoms with van der Waals surface area (Å²) in [6.45, 7) is 0.306. The molecule has 0 saturated heterocycles. The fourth-order valence-corrected chi connectivity index (χ4v) is 2.37. The molecule has 2 aromatic rings. The molecule has 2 N–H and O–H groups in total. The van der Waals surface area contributed by atoms with Crippen LogP contribution in [0.1, 0.15) is 5.56 Å². The molecule has 1 aromatic heterocycles. The zero-order valence-corrected chi connectivity index (χ0v) is 12.4. The molecule has 1 aromatic carbocycles. The third kappa shape index (κ3) is 3.43. The van der Waals surface area contributed by atoms with Gasteiger partial charge in [-0.3, -0.25) is 4.79 Å². The summed E-state index contributed by atoms with van der Waals surface area (Å²) in [4.78, 5) is 18.6. The predicted octanol–water partition coefficient (Wildman–Crippen LogP) is 3.41. The Hall–Kier alpha value is -1.17. The highest BCUT2D eigenvalue weighted by atomic mass is 35.5. The third-order valence-corrected chi connectivity index (χ3v) is 3.69. The van der Waals surface area contributed by atoms with E-state index in [-0.39, 0.29) is 5.56 Å². The van der Waals surface area contributed by atoms with Gasteiger partial charge < -0.3 is 10.3 Å². The molecule has 0 fully saturated rings. The number of anilines is 1. The lowest BCUT2D eigenvalue weighted by atomic mass is 10.3. The Kier molecular flexibility index (Phi) is 4.74. The molecule has 0 spiro atoms. The minimum absolute atomic E-state index is 0.171. The SMILES string of the molecule is CSc1ncc(CNc2c(Cl)cccc2Cl)c(=O)[nH]1. The summed E-state index contributed by atoms with van der Waals surface area (Å²) in [7, 11) is 0. The van der Waals surface area contributed by atoms with Crippen LogP contribution in [0.5, 0.6) is 0 Å². The van der Waals surface area contributed by atoms with Crippen molar-refractivity contribution in [2.75, 3.05) is 11.6 Å². The molecular weight excluding hydrogens is 305 g/mol. The first-order valence-corrected chi connectivity index (χ1v) is 7.40. The van der Waals surface area contributed by atoms with Crippen LogP contribution < -0.4 is 10.9 Å². The number of aromatic nitrogens is 2. The van der Waals surface area contributed by atoms with Gasteiger partial charge in [0.05, 0.1) is 21.3 Å². The van der Waals surface area contributed by atoms with Crippen LogP contribution >= 0.6 is 35.0 Å². The van der Waals surface area contributed by atoms with Gasteiger partial charge in [0.25, 0.3) is 5.56 Å². The van der Waals surface area contributed by atoms with Crippen molar-refractivity contribution in [2.24, 2.45) is 0 Å². The minimum atomic E-state index is -0.171.